The zero-order valence-corrected chi connectivity index (χ0v) is 18.3. The van der Waals surface area contributed by atoms with Gasteiger partial charge in [0.1, 0.15) is 12.1 Å². The Morgan fingerprint density at radius 1 is 1.10 bits per heavy atom. The number of hydrogen-bond acceptors (Lipinski definition) is 3. The van der Waals surface area contributed by atoms with Crippen molar-refractivity contribution >= 4 is 17.8 Å². The zero-order chi connectivity index (χ0) is 22.2. The molecule has 4 rings (SSSR count). The Morgan fingerprint density at radius 2 is 1.77 bits per heavy atom. The Hall–Kier alpha value is -3.15. The molecule has 0 aromatic heterocycles. The Bertz CT molecular complexity index is 1030. The van der Waals surface area contributed by atoms with E-state index in [1.165, 1.54) is 24.0 Å². The van der Waals surface area contributed by atoms with Gasteiger partial charge in [-0.25, -0.2) is 4.79 Å². The second-order valence-corrected chi connectivity index (χ2v) is 8.84. The van der Waals surface area contributed by atoms with Crippen LogP contribution in [-0.2, 0) is 28.0 Å². The first-order chi connectivity index (χ1) is 14.8. The summed E-state index contributed by atoms with van der Waals surface area (Å²) in [6, 6.07) is 13.1. The maximum atomic E-state index is 13.0. The maximum Gasteiger partial charge on any atom is 0.325 e. The van der Waals surface area contributed by atoms with Crippen LogP contribution in [-0.4, -0.2) is 29.3 Å². The van der Waals surface area contributed by atoms with E-state index in [1.807, 2.05) is 38.1 Å². The van der Waals surface area contributed by atoms with Gasteiger partial charge >= 0.3 is 6.03 Å². The van der Waals surface area contributed by atoms with E-state index in [1.54, 1.807) is 6.92 Å². The summed E-state index contributed by atoms with van der Waals surface area (Å²) in [6.45, 7) is 5.25. The minimum atomic E-state index is -1.17. The van der Waals surface area contributed by atoms with E-state index >= 15 is 0 Å². The molecule has 1 heterocycles. The van der Waals surface area contributed by atoms with Crippen molar-refractivity contribution in [2.24, 2.45) is 0 Å². The van der Waals surface area contributed by atoms with Crippen molar-refractivity contribution < 1.29 is 14.4 Å². The lowest BCUT2D eigenvalue weighted by Crippen LogP contribution is -2.43. The summed E-state index contributed by atoms with van der Waals surface area (Å²) >= 11 is 0. The van der Waals surface area contributed by atoms with Gasteiger partial charge in [0, 0.05) is 0 Å². The third-order valence-corrected chi connectivity index (χ3v) is 6.46. The summed E-state index contributed by atoms with van der Waals surface area (Å²) in [7, 11) is 0. The number of nitrogens with one attached hydrogen (secondary N) is 2. The van der Waals surface area contributed by atoms with E-state index in [4.69, 9.17) is 0 Å². The monoisotopic (exact) mass is 419 g/mol. The van der Waals surface area contributed by atoms with E-state index in [-0.39, 0.29) is 18.5 Å². The van der Waals surface area contributed by atoms with Crippen LogP contribution in [0, 0.1) is 6.92 Å². The fraction of sp³-hybridized carbons (Fsp3) is 0.400. The van der Waals surface area contributed by atoms with E-state index in [9.17, 15) is 14.4 Å². The molecule has 2 unspecified atom stereocenters. The zero-order valence-electron chi connectivity index (χ0n) is 18.3. The first-order valence-electron chi connectivity index (χ1n) is 10.9. The van der Waals surface area contributed by atoms with Gasteiger partial charge in [-0.05, 0) is 68.7 Å². The van der Waals surface area contributed by atoms with Crippen molar-refractivity contribution in [3.05, 3.63) is 70.3 Å². The van der Waals surface area contributed by atoms with Crippen LogP contribution in [0.1, 0.15) is 60.5 Å². The molecule has 0 bridgehead atoms. The van der Waals surface area contributed by atoms with Crippen molar-refractivity contribution in [1.82, 2.24) is 15.5 Å². The van der Waals surface area contributed by atoms with Crippen LogP contribution in [0.15, 0.2) is 42.5 Å². The minimum Gasteiger partial charge on any atom is -0.348 e. The fourth-order valence-corrected chi connectivity index (χ4v) is 4.46. The molecule has 162 valence electrons. The number of hydrogen-bond donors (Lipinski definition) is 2. The summed E-state index contributed by atoms with van der Waals surface area (Å²) in [5.41, 5.74) is 4.37. The molecule has 2 atom stereocenters. The largest absolute Gasteiger partial charge is 0.348 e. The topological polar surface area (TPSA) is 78.5 Å². The number of carbonyl (C=O) groups excluding carboxylic acids is 3. The number of aryl methyl sites for hydroxylation is 3. The number of nitrogens with zero attached hydrogens (tertiary/aromatic N) is 1. The van der Waals surface area contributed by atoms with Crippen LogP contribution >= 0.6 is 0 Å². The third-order valence-electron chi connectivity index (χ3n) is 6.46. The highest BCUT2D eigenvalue weighted by atomic mass is 16.2. The molecular weight excluding hydrogens is 390 g/mol. The van der Waals surface area contributed by atoms with Crippen LogP contribution < -0.4 is 10.6 Å². The molecule has 6 nitrogen and oxygen atoms in total. The Balaban J connectivity index is 1.43. The Kier molecular flexibility index (Phi) is 5.56. The summed E-state index contributed by atoms with van der Waals surface area (Å²) in [6.07, 6.45) is 4.61. The second kappa shape index (κ2) is 8.17. The lowest BCUT2D eigenvalue weighted by Gasteiger charge is -2.23. The number of urea groups is 1. The predicted octanol–water partition coefficient (Wildman–Crippen LogP) is 3.52. The van der Waals surface area contributed by atoms with Crippen LogP contribution in [0.3, 0.4) is 0 Å². The van der Waals surface area contributed by atoms with Gasteiger partial charge < -0.3 is 10.6 Å². The molecule has 2 aromatic rings. The van der Waals surface area contributed by atoms with E-state index in [0.717, 1.165) is 28.9 Å². The molecule has 0 saturated carbocycles. The number of rotatable bonds is 5. The molecule has 6 heteroatoms. The smallest absolute Gasteiger partial charge is 0.325 e. The van der Waals surface area contributed by atoms with Gasteiger partial charge in [0.2, 0.25) is 5.91 Å². The Labute approximate surface area is 183 Å². The minimum absolute atomic E-state index is 0.205. The number of fused-ring (bicyclic) bond motifs is 1. The van der Waals surface area contributed by atoms with Crippen molar-refractivity contribution in [2.45, 2.75) is 58.0 Å². The van der Waals surface area contributed by atoms with Crippen LogP contribution in [0.25, 0.3) is 0 Å². The van der Waals surface area contributed by atoms with Gasteiger partial charge in [-0.1, -0.05) is 48.0 Å². The second-order valence-electron chi connectivity index (χ2n) is 8.84. The number of benzene rings is 2. The van der Waals surface area contributed by atoms with Crippen LogP contribution in [0.2, 0.25) is 0 Å². The summed E-state index contributed by atoms with van der Waals surface area (Å²) in [4.78, 5) is 39.2. The van der Waals surface area contributed by atoms with Gasteiger partial charge in [-0.3, -0.25) is 14.5 Å². The number of imide groups is 1. The quantitative estimate of drug-likeness (QED) is 0.728. The molecular formula is C25H29N3O3. The van der Waals surface area contributed by atoms with Gasteiger partial charge in [0.25, 0.3) is 5.91 Å². The van der Waals surface area contributed by atoms with Gasteiger partial charge in [0.15, 0.2) is 0 Å². The predicted molar refractivity (Wildman–Crippen MR) is 118 cm³/mol. The standard InChI is InChI=1S/C25H29N3O3/c1-16-8-12-21(13-9-16)25(3)23(30)28(24(31)27-25)15-22(29)26-17(2)19-11-10-18-6-4-5-7-20(18)14-19/h8-14,17H,4-7,15H2,1-3H3,(H,26,29)(H,27,31). The fourth-order valence-electron chi connectivity index (χ4n) is 4.46. The highest BCUT2D eigenvalue weighted by molar-refractivity contribution is 6.09. The number of carbonyl (C=O) groups is 3. The van der Waals surface area contributed by atoms with Crippen molar-refractivity contribution in [3.8, 4) is 0 Å². The average molecular weight is 420 g/mol. The normalized spacial score (nSPS) is 21.5. The van der Waals surface area contributed by atoms with Crippen molar-refractivity contribution in [3.63, 3.8) is 0 Å². The van der Waals surface area contributed by atoms with Gasteiger partial charge in [-0.15, -0.1) is 0 Å². The third kappa shape index (κ3) is 4.07. The summed E-state index contributed by atoms with van der Waals surface area (Å²) in [5.74, 6) is -0.778. The first-order valence-corrected chi connectivity index (χ1v) is 10.9. The highest BCUT2D eigenvalue weighted by Crippen LogP contribution is 2.29. The maximum absolute atomic E-state index is 13.0. The first kappa shape index (κ1) is 21.1. The van der Waals surface area contributed by atoms with Crippen molar-refractivity contribution in [2.75, 3.05) is 6.54 Å². The molecule has 1 saturated heterocycles. The molecule has 1 aliphatic heterocycles. The van der Waals surface area contributed by atoms with Crippen LogP contribution in [0.4, 0.5) is 4.79 Å². The summed E-state index contributed by atoms with van der Waals surface area (Å²) in [5, 5.41) is 5.68. The molecule has 4 amide bonds. The van der Waals surface area contributed by atoms with Gasteiger partial charge in [-0.2, -0.15) is 0 Å². The SMILES string of the molecule is Cc1ccc(C2(C)NC(=O)N(CC(=O)NC(C)c3ccc4c(c3)CCCC4)C2=O)cc1. The van der Waals surface area contributed by atoms with E-state index < -0.39 is 17.5 Å². The lowest BCUT2D eigenvalue weighted by atomic mass is 9.89. The number of amides is 4. The average Bonchev–Trinajstić information content (AvgIpc) is 2.97. The molecule has 2 aromatic carbocycles. The molecule has 31 heavy (non-hydrogen) atoms. The molecule has 1 fully saturated rings. The molecule has 2 N–H and O–H groups in total. The molecule has 2 aliphatic rings. The lowest BCUT2D eigenvalue weighted by molar-refractivity contribution is -0.135. The van der Waals surface area contributed by atoms with E-state index in [2.05, 4.69) is 28.8 Å². The van der Waals surface area contributed by atoms with Gasteiger partial charge in [0.05, 0.1) is 6.04 Å². The molecule has 0 radical (unpaired) electrons. The highest BCUT2D eigenvalue weighted by Gasteiger charge is 2.49. The summed E-state index contributed by atoms with van der Waals surface area (Å²) < 4.78 is 0. The van der Waals surface area contributed by atoms with E-state index in [0.29, 0.717) is 5.56 Å². The molecule has 0 spiro atoms. The van der Waals surface area contributed by atoms with Crippen molar-refractivity contribution in [1.29, 1.82) is 0 Å². The molecule has 1 aliphatic carbocycles. The Morgan fingerprint density at radius 3 is 2.48 bits per heavy atom. The van der Waals surface area contributed by atoms with Crippen LogP contribution in [0.5, 0.6) is 0 Å².